The number of likely N-dealkylation sites (N-methyl/N-ethyl adjacent to an activating group) is 1. The lowest BCUT2D eigenvalue weighted by Gasteiger charge is -2.29. The number of pyridine rings is 1. The zero-order valence-corrected chi connectivity index (χ0v) is 19.6. The molecule has 1 aliphatic heterocycles. The quantitative estimate of drug-likeness (QED) is 0.508. The summed E-state index contributed by atoms with van der Waals surface area (Å²) in [5, 5.41) is 0.600. The molecule has 0 bridgehead atoms. The third kappa shape index (κ3) is 4.78. The number of nitrogens with zero attached hydrogens (tertiary/aromatic N) is 2. The van der Waals surface area contributed by atoms with Crippen molar-refractivity contribution in [3.63, 3.8) is 0 Å². The van der Waals surface area contributed by atoms with Crippen LogP contribution in [-0.4, -0.2) is 60.4 Å². The Morgan fingerprint density at radius 2 is 2.00 bits per heavy atom. The van der Waals surface area contributed by atoms with Crippen molar-refractivity contribution in [3.8, 4) is 11.5 Å². The lowest BCUT2D eigenvalue weighted by atomic mass is 10.1. The fraction of sp³-hybridized carbons (Fsp3) is 0.375. The molecule has 2 atom stereocenters. The summed E-state index contributed by atoms with van der Waals surface area (Å²) >= 11 is 0. The number of para-hydroxylation sites is 1. The first kappa shape index (κ1) is 23.0. The van der Waals surface area contributed by atoms with Gasteiger partial charge in [0.2, 0.25) is 0 Å². The number of aromatic nitrogens is 1. The minimum Gasteiger partial charge on any atom is -0.460 e. The molecule has 0 spiro atoms. The summed E-state index contributed by atoms with van der Waals surface area (Å²) in [4.78, 5) is 32.3. The second-order valence-corrected chi connectivity index (χ2v) is 10.4. The Kier molecular flexibility index (Phi) is 6.25. The Bertz CT molecular complexity index is 1310. The standard InChI is InChI=1S/C24H26N2O6S/c1-4-26(17-11-12-33(29,30)14-17)23(27)16(3)32-24(28)19-13-21(22-10-9-15(2)31-22)25-20-8-6-5-7-18(19)20/h5-10,13,16-17H,4,11-12,14H2,1-3H3. The van der Waals surface area contributed by atoms with Crippen LogP contribution >= 0.6 is 0 Å². The van der Waals surface area contributed by atoms with E-state index in [4.69, 9.17) is 9.15 Å². The molecule has 3 heterocycles. The van der Waals surface area contributed by atoms with Crippen LogP contribution in [0.25, 0.3) is 22.4 Å². The molecule has 1 aromatic carbocycles. The van der Waals surface area contributed by atoms with Crippen LogP contribution in [0.2, 0.25) is 0 Å². The van der Waals surface area contributed by atoms with E-state index in [-0.39, 0.29) is 17.1 Å². The van der Waals surface area contributed by atoms with Gasteiger partial charge in [0.25, 0.3) is 5.91 Å². The summed E-state index contributed by atoms with van der Waals surface area (Å²) < 4.78 is 34.9. The zero-order valence-electron chi connectivity index (χ0n) is 18.8. The molecule has 33 heavy (non-hydrogen) atoms. The van der Waals surface area contributed by atoms with Crippen LogP contribution in [-0.2, 0) is 19.4 Å². The second kappa shape index (κ2) is 8.97. The number of sulfone groups is 1. The fourth-order valence-corrected chi connectivity index (χ4v) is 5.90. The molecule has 0 aliphatic carbocycles. The van der Waals surface area contributed by atoms with Gasteiger partial charge >= 0.3 is 5.97 Å². The maximum absolute atomic E-state index is 13.2. The first-order valence-electron chi connectivity index (χ1n) is 10.9. The zero-order chi connectivity index (χ0) is 23.8. The van der Waals surface area contributed by atoms with Crippen molar-refractivity contribution in [1.29, 1.82) is 0 Å². The van der Waals surface area contributed by atoms with E-state index in [9.17, 15) is 18.0 Å². The van der Waals surface area contributed by atoms with Crippen molar-refractivity contribution in [1.82, 2.24) is 9.88 Å². The van der Waals surface area contributed by atoms with E-state index in [1.807, 2.05) is 19.1 Å². The van der Waals surface area contributed by atoms with Crippen molar-refractivity contribution in [2.45, 2.75) is 39.3 Å². The van der Waals surface area contributed by atoms with Gasteiger partial charge in [-0.2, -0.15) is 0 Å². The number of hydrogen-bond acceptors (Lipinski definition) is 7. The average molecular weight is 471 g/mol. The highest BCUT2D eigenvalue weighted by atomic mass is 32.2. The topological polar surface area (TPSA) is 107 Å². The van der Waals surface area contributed by atoms with E-state index in [0.29, 0.717) is 35.3 Å². The third-order valence-electron chi connectivity index (χ3n) is 5.83. The van der Waals surface area contributed by atoms with Crippen molar-refractivity contribution in [3.05, 3.63) is 53.8 Å². The number of amides is 1. The monoisotopic (exact) mass is 470 g/mol. The molecule has 1 amide bonds. The molecule has 9 heteroatoms. The van der Waals surface area contributed by atoms with E-state index in [2.05, 4.69) is 4.98 Å². The minimum absolute atomic E-state index is 0.0613. The number of rotatable bonds is 6. The Balaban J connectivity index is 1.60. The Morgan fingerprint density at radius 1 is 1.24 bits per heavy atom. The lowest BCUT2D eigenvalue weighted by Crippen LogP contribution is -2.46. The summed E-state index contributed by atoms with van der Waals surface area (Å²) in [6.07, 6.45) is -0.675. The molecule has 2 unspecified atom stereocenters. The number of benzene rings is 1. The molecule has 1 fully saturated rings. The molecule has 0 saturated carbocycles. The SMILES string of the molecule is CCN(C(=O)C(C)OC(=O)c1cc(-c2ccc(C)o2)nc2ccccc12)C1CCS(=O)(=O)C1. The number of aryl methyl sites for hydroxylation is 1. The van der Waals surface area contributed by atoms with Gasteiger partial charge in [-0.1, -0.05) is 18.2 Å². The molecule has 0 N–H and O–H groups in total. The van der Waals surface area contributed by atoms with Crippen molar-refractivity contribution in [2.75, 3.05) is 18.1 Å². The number of esters is 1. The number of carbonyl (C=O) groups is 2. The van der Waals surface area contributed by atoms with Crippen LogP contribution in [0.4, 0.5) is 0 Å². The highest BCUT2D eigenvalue weighted by molar-refractivity contribution is 7.91. The van der Waals surface area contributed by atoms with Crippen molar-refractivity contribution in [2.24, 2.45) is 0 Å². The van der Waals surface area contributed by atoms with Gasteiger partial charge in [-0.15, -0.1) is 0 Å². The maximum atomic E-state index is 13.2. The lowest BCUT2D eigenvalue weighted by molar-refractivity contribution is -0.141. The van der Waals surface area contributed by atoms with E-state index in [0.717, 1.165) is 5.76 Å². The van der Waals surface area contributed by atoms with Gasteiger partial charge in [0.1, 0.15) is 11.5 Å². The highest BCUT2D eigenvalue weighted by Gasteiger charge is 2.36. The summed E-state index contributed by atoms with van der Waals surface area (Å²) in [5.41, 5.74) is 1.36. The normalized spacial score (nSPS) is 18.2. The van der Waals surface area contributed by atoms with Crippen LogP contribution in [0.3, 0.4) is 0 Å². The highest BCUT2D eigenvalue weighted by Crippen LogP contribution is 2.27. The molecule has 1 aliphatic rings. The third-order valence-corrected chi connectivity index (χ3v) is 7.58. The number of ether oxygens (including phenoxy) is 1. The molecule has 2 aromatic heterocycles. The van der Waals surface area contributed by atoms with E-state index < -0.39 is 33.9 Å². The van der Waals surface area contributed by atoms with Crippen molar-refractivity contribution < 1.29 is 27.2 Å². The summed E-state index contributed by atoms with van der Waals surface area (Å²) in [6, 6.07) is 12.0. The van der Waals surface area contributed by atoms with Gasteiger partial charge < -0.3 is 14.1 Å². The van der Waals surface area contributed by atoms with Gasteiger partial charge in [0, 0.05) is 18.0 Å². The first-order valence-corrected chi connectivity index (χ1v) is 12.7. The Hall–Kier alpha value is -3.20. The minimum atomic E-state index is -3.15. The summed E-state index contributed by atoms with van der Waals surface area (Å²) in [5.74, 6) is 0.178. The molecule has 1 saturated heterocycles. The summed E-state index contributed by atoms with van der Waals surface area (Å²) in [6.45, 7) is 5.45. The second-order valence-electron chi connectivity index (χ2n) is 8.21. The fourth-order valence-electron chi connectivity index (χ4n) is 4.17. The van der Waals surface area contributed by atoms with Crippen LogP contribution in [0, 0.1) is 6.92 Å². The number of fused-ring (bicyclic) bond motifs is 1. The van der Waals surface area contributed by atoms with Gasteiger partial charge in [-0.05, 0) is 51.5 Å². The van der Waals surface area contributed by atoms with Gasteiger partial charge in [0.05, 0.1) is 22.6 Å². The van der Waals surface area contributed by atoms with E-state index in [1.54, 1.807) is 37.3 Å². The van der Waals surface area contributed by atoms with Crippen LogP contribution in [0.1, 0.15) is 36.4 Å². The molecular weight excluding hydrogens is 444 g/mol. The molecule has 0 radical (unpaired) electrons. The average Bonchev–Trinajstić information content (AvgIpc) is 3.38. The Morgan fingerprint density at radius 3 is 2.64 bits per heavy atom. The van der Waals surface area contributed by atoms with Crippen LogP contribution in [0.15, 0.2) is 46.9 Å². The largest absolute Gasteiger partial charge is 0.460 e. The number of carbonyl (C=O) groups excluding carboxylic acids is 2. The maximum Gasteiger partial charge on any atom is 0.339 e. The predicted molar refractivity (Wildman–Crippen MR) is 124 cm³/mol. The molecule has 4 rings (SSSR count). The van der Waals surface area contributed by atoms with Gasteiger partial charge in [-0.3, -0.25) is 4.79 Å². The van der Waals surface area contributed by atoms with E-state index in [1.165, 1.54) is 11.8 Å². The van der Waals surface area contributed by atoms with Gasteiger partial charge in [0.15, 0.2) is 21.7 Å². The molecule has 3 aromatic rings. The number of furan rings is 1. The van der Waals surface area contributed by atoms with Crippen LogP contribution < -0.4 is 0 Å². The summed E-state index contributed by atoms with van der Waals surface area (Å²) in [7, 11) is -3.15. The molecule has 8 nitrogen and oxygen atoms in total. The van der Waals surface area contributed by atoms with E-state index >= 15 is 0 Å². The molecule has 174 valence electrons. The van der Waals surface area contributed by atoms with Crippen molar-refractivity contribution >= 4 is 32.6 Å². The molecular formula is C24H26N2O6S. The smallest absolute Gasteiger partial charge is 0.339 e. The Labute approximate surface area is 192 Å². The first-order chi connectivity index (χ1) is 15.7. The number of hydrogen-bond donors (Lipinski definition) is 0. The van der Waals surface area contributed by atoms with Crippen LogP contribution in [0.5, 0.6) is 0 Å². The van der Waals surface area contributed by atoms with Gasteiger partial charge in [-0.25, -0.2) is 18.2 Å². The predicted octanol–water partition coefficient (Wildman–Crippen LogP) is 3.38.